The summed E-state index contributed by atoms with van der Waals surface area (Å²) in [7, 11) is 0.573. The lowest BCUT2D eigenvalue weighted by Gasteiger charge is -2.48. The van der Waals surface area contributed by atoms with Gasteiger partial charge in [0.2, 0.25) is 0 Å². The molecule has 10 nitrogen and oxygen atoms in total. The minimum absolute atomic E-state index is 0.344. The van der Waals surface area contributed by atoms with E-state index >= 15 is 0 Å². The van der Waals surface area contributed by atoms with Crippen molar-refractivity contribution >= 4 is 7.82 Å². The van der Waals surface area contributed by atoms with E-state index in [4.69, 9.17) is 38.2 Å². The lowest BCUT2D eigenvalue weighted by molar-refractivity contribution is 0.0434. The zero-order chi connectivity index (χ0) is 30.4. The van der Waals surface area contributed by atoms with E-state index in [1.54, 1.807) is 21.3 Å². The number of piperidine rings is 1. The van der Waals surface area contributed by atoms with Crippen molar-refractivity contribution in [1.82, 2.24) is 10.2 Å². The summed E-state index contributed by atoms with van der Waals surface area (Å²) in [5.41, 5.74) is 5.64. The van der Waals surface area contributed by atoms with Crippen molar-refractivity contribution in [3.05, 3.63) is 46.5 Å². The van der Waals surface area contributed by atoms with E-state index < -0.39 is 7.82 Å². The predicted molar refractivity (Wildman–Crippen MR) is 162 cm³/mol. The third kappa shape index (κ3) is 7.78. The molecule has 0 saturated carbocycles. The van der Waals surface area contributed by atoms with Crippen LogP contribution in [0.25, 0.3) is 0 Å². The third-order valence-electron chi connectivity index (χ3n) is 8.89. The molecule has 0 aliphatic carbocycles. The van der Waals surface area contributed by atoms with Gasteiger partial charge in [0.05, 0.1) is 27.9 Å². The molecule has 2 aromatic rings. The molecule has 4 atom stereocenters. The standard InChI is InChI=1S/C31H44N2O4.H3O4P/c1-6-12-37-31-16-21-8-10-32-26(24(21)17-30(31)36-5)13-23-14-27-25-18-29(35-4)28(34-3)15-22(25)9-11-33(27)19-20(23)7-2;1-5(2,3)4/h15-18,20,23,26-27,32H,6-14,19H2,1-5H3;(H3,1,2,3,4)/t20-,23-,26+,27-;/m0./s1. The first-order chi connectivity index (χ1) is 20.1. The summed E-state index contributed by atoms with van der Waals surface area (Å²) in [6.07, 6.45) is 6.66. The number of rotatable bonds is 9. The van der Waals surface area contributed by atoms with Crippen molar-refractivity contribution < 1.29 is 38.2 Å². The average molecular weight is 607 g/mol. The van der Waals surface area contributed by atoms with Crippen LogP contribution in [-0.2, 0) is 17.4 Å². The lowest BCUT2D eigenvalue weighted by Crippen LogP contribution is -2.46. The molecule has 1 saturated heterocycles. The number of ether oxygens (including phenoxy) is 4. The van der Waals surface area contributed by atoms with Crippen LogP contribution in [0.4, 0.5) is 0 Å². The first kappa shape index (κ1) is 32.6. The highest BCUT2D eigenvalue weighted by Crippen LogP contribution is 2.48. The van der Waals surface area contributed by atoms with Crippen molar-refractivity contribution in [2.75, 3.05) is 47.6 Å². The maximum Gasteiger partial charge on any atom is 0.466 e. The van der Waals surface area contributed by atoms with Crippen LogP contribution in [0.1, 0.15) is 73.9 Å². The van der Waals surface area contributed by atoms with Crippen LogP contribution in [0.3, 0.4) is 0 Å². The van der Waals surface area contributed by atoms with Gasteiger partial charge in [-0.1, -0.05) is 20.3 Å². The first-order valence-electron chi connectivity index (χ1n) is 14.9. The summed E-state index contributed by atoms with van der Waals surface area (Å²) in [6, 6.07) is 9.70. The highest BCUT2D eigenvalue weighted by Gasteiger charge is 2.40. The number of nitrogens with one attached hydrogen (secondary N) is 1. The van der Waals surface area contributed by atoms with Crippen LogP contribution in [-0.4, -0.2) is 67.2 Å². The van der Waals surface area contributed by atoms with Gasteiger partial charge in [-0.05, 0) is 97.0 Å². The molecule has 11 heteroatoms. The summed E-state index contributed by atoms with van der Waals surface area (Å²) in [4.78, 5) is 24.3. The van der Waals surface area contributed by atoms with Crippen molar-refractivity contribution in [3.63, 3.8) is 0 Å². The summed E-state index contributed by atoms with van der Waals surface area (Å²) in [5.74, 6) is 4.77. The quantitative estimate of drug-likeness (QED) is 0.296. The largest absolute Gasteiger partial charge is 0.493 e. The Morgan fingerprint density at radius 1 is 0.881 bits per heavy atom. The van der Waals surface area contributed by atoms with Crippen LogP contribution in [0.2, 0.25) is 0 Å². The fourth-order valence-electron chi connectivity index (χ4n) is 6.90. The van der Waals surface area contributed by atoms with E-state index in [-0.39, 0.29) is 0 Å². The normalized spacial score (nSPS) is 23.4. The van der Waals surface area contributed by atoms with E-state index in [0.29, 0.717) is 30.5 Å². The number of benzene rings is 2. The van der Waals surface area contributed by atoms with Gasteiger partial charge in [-0.3, -0.25) is 4.90 Å². The van der Waals surface area contributed by atoms with Gasteiger partial charge in [0.15, 0.2) is 23.0 Å². The maximum atomic E-state index is 8.88. The van der Waals surface area contributed by atoms with Gasteiger partial charge >= 0.3 is 7.82 Å². The second-order valence-corrected chi connectivity index (χ2v) is 12.4. The lowest BCUT2D eigenvalue weighted by atomic mass is 9.72. The summed E-state index contributed by atoms with van der Waals surface area (Å²) in [6.45, 7) is 8.53. The van der Waals surface area contributed by atoms with E-state index in [1.165, 1.54) is 41.6 Å². The highest BCUT2D eigenvalue weighted by molar-refractivity contribution is 7.45. The zero-order valence-electron chi connectivity index (χ0n) is 25.5. The van der Waals surface area contributed by atoms with Crippen molar-refractivity contribution in [2.24, 2.45) is 11.8 Å². The Morgan fingerprint density at radius 2 is 1.48 bits per heavy atom. The molecule has 42 heavy (non-hydrogen) atoms. The molecule has 3 heterocycles. The van der Waals surface area contributed by atoms with Crippen molar-refractivity contribution in [2.45, 2.75) is 64.5 Å². The molecule has 5 rings (SSSR count). The molecule has 0 radical (unpaired) electrons. The molecule has 3 aliphatic heterocycles. The SMILES string of the molecule is CCCOc1cc2c(cc1OC)[C@@H](C[C@H]1C[C@H]3c4cc(OC)c(OC)cc4CCN3C[C@@H]1CC)NCC2.O=P(O)(O)O. The molecule has 3 aliphatic rings. The Kier molecular flexibility index (Phi) is 11.2. The summed E-state index contributed by atoms with van der Waals surface area (Å²) >= 11 is 0. The predicted octanol–water partition coefficient (Wildman–Crippen LogP) is 4.80. The molecular weight excluding hydrogens is 559 g/mol. The molecule has 1 fully saturated rings. The molecule has 234 valence electrons. The molecule has 0 aromatic heterocycles. The van der Waals surface area contributed by atoms with Gasteiger partial charge < -0.3 is 38.9 Å². The van der Waals surface area contributed by atoms with Gasteiger partial charge in [-0.2, -0.15) is 0 Å². The molecule has 0 spiro atoms. The third-order valence-corrected chi connectivity index (χ3v) is 8.89. The van der Waals surface area contributed by atoms with E-state index in [0.717, 1.165) is 61.8 Å². The van der Waals surface area contributed by atoms with Crippen LogP contribution < -0.4 is 24.3 Å². The number of methoxy groups -OCH3 is 3. The van der Waals surface area contributed by atoms with Gasteiger partial charge in [0, 0.05) is 25.2 Å². The monoisotopic (exact) mass is 606 g/mol. The van der Waals surface area contributed by atoms with Crippen LogP contribution in [0.15, 0.2) is 24.3 Å². The van der Waals surface area contributed by atoms with Crippen LogP contribution in [0, 0.1) is 11.8 Å². The smallest absolute Gasteiger partial charge is 0.466 e. The van der Waals surface area contributed by atoms with Gasteiger partial charge in [0.1, 0.15) is 0 Å². The molecule has 0 amide bonds. The molecule has 2 aromatic carbocycles. The first-order valence-corrected chi connectivity index (χ1v) is 16.5. The Morgan fingerprint density at radius 3 is 2.12 bits per heavy atom. The number of fused-ring (bicyclic) bond motifs is 4. The second kappa shape index (κ2) is 14.4. The Balaban J connectivity index is 0.000000748. The van der Waals surface area contributed by atoms with Crippen molar-refractivity contribution in [3.8, 4) is 23.0 Å². The zero-order valence-corrected chi connectivity index (χ0v) is 26.4. The number of phosphoric acid groups is 1. The van der Waals surface area contributed by atoms with Gasteiger partial charge in [-0.25, -0.2) is 4.57 Å². The summed E-state index contributed by atoms with van der Waals surface area (Å²) < 4.78 is 32.0. The fraction of sp³-hybridized carbons (Fsp3) is 0.613. The van der Waals surface area contributed by atoms with E-state index in [2.05, 4.69) is 48.3 Å². The minimum Gasteiger partial charge on any atom is -0.493 e. The van der Waals surface area contributed by atoms with Crippen LogP contribution in [0.5, 0.6) is 23.0 Å². The minimum atomic E-state index is -4.64. The highest BCUT2D eigenvalue weighted by atomic mass is 31.2. The van der Waals surface area contributed by atoms with Crippen LogP contribution >= 0.6 is 7.82 Å². The van der Waals surface area contributed by atoms with Crippen molar-refractivity contribution in [1.29, 1.82) is 0 Å². The molecular formula is C31H47N2O8P. The number of nitrogens with zero attached hydrogens (tertiary/aromatic N) is 1. The Hall–Kier alpha value is -2.33. The second-order valence-electron chi connectivity index (χ2n) is 11.4. The molecule has 4 N–H and O–H groups in total. The topological polar surface area (TPSA) is 130 Å². The molecule has 0 bridgehead atoms. The average Bonchev–Trinajstić information content (AvgIpc) is 2.97. The number of hydrogen-bond acceptors (Lipinski definition) is 7. The van der Waals surface area contributed by atoms with E-state index in [9.17, 15) is 0 Å². The summed E-state index contributed by atoms with van der Waals surface area (Å²) in [5, 5.41) is 3.86. The Labute approximate surface area is 249 Å². The fourth-order valence-corrected chi connectivity index (χ4v) is 6.90. The van der Waals surface area contributed by atoms with Gasteiger partial charge in [-0.15, -0.1) is 0 Å². The maximum absolute atomic E-state index is 8.88. The van der Waals surface area contributed by atoms with Gasteiger partial charge in [0.25, 0.3) is 0 Å². The molecule has 0 unspecified atom stereocenters. The van der Waals surface area contributed by atoms with E-state index in [1.807, 2.05) is 0 Å². The Bertz CT molecular complexity index is 1240. The number of hydrogen-bond donors (Lipinski definition) is 4.